The van der Waals surface area contributed by atoms with Crippen molar-refractivity contribution in [3.63, 3.8) is 0 Å². The second-order valence-electron chi connectivity index (χ2n) is 3.99. The van der Waals surface area contributed by atoms with Crippen molar-refractivity contribution in [1.82, 2.24) is 0 Å². The van der Waals surface area contributed by atoms with Gasteiger partial charge >= 0.3 is 0 Å². The number of hydrogen-bond donors (Lipinski definition) is 2. The van der Waals surface area contributed by atoms with E-state index >= 15 is 0 Å². The Balaban J connectivity index is 2.64. The predicted octanol–water partition coefficient (Wildman–Crippen LogP) is 2.65. The van der Waals surface area contributed by atoms with Crippen molar-refractivity contribution in [3.8, 4) is 0 Å². The molecular weight excluding hydrogens is 270 g/mol. The number of hydrogen-bond acceptors (Lipinski definition) is 3. The van der Waals surface area contributed by atoms with Gasteiger partial charge in [-0.25, -0.2) is 0 Å². The topological polar surface area (TPSA) is 41.5 Å². The van der Waals surface area contributed by atoms with Crippen molar-refractivity contribution in [3.05, 3.63) is 28.7 Å². The number of aliphatic hydroxyl groups excluding tert-OH is 1. The molecule has 0 aromatic heterocycles. The fraction of sp³-hybridized carbons (Fsp3) is 0.500. The first-order chi connectivity index (χ1) is 7.59. The van der Waals surface area contributed by atoms with E-state index in [-0.39, 0.29) is 6.61 Å². The molecule has 0 saturated heterocycles. The van der Waals surface area contributed by atoms with Gasteiger partial charge in [-0.05, 0) is 38.1 Å². The predicted molar refractivity (Wildman–Crippen MR) is 69.7 cm³/mol. The summed E-state index contributed by atoms with van der Waals surface area (Å²) in [5.41, 5.74) is 0.531. The van der Waals surface area contributed by atoms with Crippen molar-refractivity contribution in [2.24, 2.45) is 0 Å². The normalized spacial score (nSPS) is 14.5. The minimum atomic E-state index is -0.441. The minimum absolute atomic E-state index is 0.0308. The summed E-state index contributed by atoms with van der Waals surface area (Å²) in [5, 5.41) is 12.6. The highest BCUT2D eigenvalue weighted by Gasteiger charge is 2.23. The smallest absolute Gasteiger partial charge is 0.0809 e. The number of halogens is 1. The van der Waals surface area contributed by atoms with Crippen LogP contribution in [0.5, 0.6) is 0 Å². The zero-order valence-corrected chi connectivity index (χ0v) is 11.3. The lowest BCUT2D eigenvalue weighted by Gasteiger charge is -2.29. The highest BCUT2D eigenvalue weighted by atomic mass is 79.9. The zero-order valence-electron chi connectivity index (χ0n) is 9.66. The summed E-state index contributed by atoms with van der Waals surface area (Å²) >= 11 is 3.38. The Morgan fingerprint density at radius 3 is 2.50 bits per heavy atom. The summed E-state index contributed by atoms with van der Waals surface area (Å²) in [5.74, 6) is 0. The van der Waals surface area contributed by atoms with Gasteiger partial charge in [-0.2, -0.15) is 0 Å². The largest absolute Gasteiger partial charge is 0.394 e. The monoisotopic (exact) mass is 287 g/mol. The van der Waals surface area contributed by atoms with Gasteiger partial charge in [0.1, 0.15) is 0 Å². The number of benzene rings is 1. The van der Waals surface area contributed by atoms with E-state index in [0.717, 1.165) is 10.2 Å². The van der Waals surface area contributed by atoms with Crippen LogP contribution in [0, 0.1) is 0 Å². The summed E-state index contributed by atoms with van der Waals surface area (Å²) in [7, 11) is 0. The summed E-state index contributed by atoms with van der Waals surface area (Å²) in [6.07, 6.45) is 0. The molecule has 3 nitrogen and oxygen atoms in total. The van der Waals surface area contributed by atoms with Crippen molar-refractivity contribution in [2.45, 2.75) is 19.4 Å². The Kier molecular flexibility index (Phi) is 5.25. The van der Waals surface area contributed by atoms with Gasteiger partial charge < -0.3 is 15.2 Å². The quantitative estimate of drug-likeness (QED) is 0.845. The van der Waals surface area contributed by atoms with E-state index in [4.69, 9.17) is 4.74 Å². The van der Waals surface area contributed by atoms with Gasteiger partial charge in [0, 0.05) is 16.8 Å². The Labute approximate surface area is 105 Å². The summed E-state index contributed by atoms with van der Waals surface area (Å²) in [6.45, 7) is 5.04. The molecule has 0 radical (unpaired) electrons. The molecule has 2 N–H and O–H groups in total. The fourth-order valence-electron chi connectivity index (χ4n) is 1.33. The third-order valence-electron chi connectivity index (χ3n) is 2.26. The highest BCUT2D eigenvalue weighted by molar-refractivity contribution is 9.10. The van der Waals surface area contributed by atoms with Crippen LogP contribution in [0.15, 0.2) is 28.7 Å². The van der Waals surface area contributed by atoms with Gasteiger partial charge in [-0.3, -0.25) is 0 Å². The molecule has 1 unspecified atom stereocenters. The standard InChI is InChI=1S/C12H18BrNO2/c1-3-16-9-12(2,8-15)14-11-6-4-10(13)5-7-11/h4-7,14-15H,3,8-9H2,1-2H3. The van der Waals surface area contributed by atoms with Gasteiger partial charge in [-0.1, -0.05) is 15.9 Å². The number of nitrogens with one attached hydrogen (secondary N) is 1. The molecule has 0 saturated carbocycles. The Morgan fingerprint density at radius 1 is 1.38 bits per heavy atom. The molecule has 0 aliphatic rings. The van der Waals surface area contributed by atoms with Gasteiger partial charge in [0.25, 0.3) is 0 Å². The molecule has 1 atom stereocenters. The average Bonchev–Trinajstić information content (AvgIpc) is 2.30. The maximum absolute atomic E-state index is 9.38. The maximum atomic E-state index is 9.38. The van der Waals surface area contributed by atoms with E-state index in [0.29, 0.717) is 13.2 Å². The van der Waals surface area contributed by atoms with E-state index in [2.05, 4.69) is 21.2 Å². The lowest BCUT2D eigenvalue weighted by atomic mass is 10.0. The third kappa shape index (κ3) is 4.12. The van der Waals surface area contributed by atoms with Crippen LogP contribution in [0.2, 0.25) is 0 Å². The number of ether oxygens (including phenoxy) is 1. The summed E-state index contributed by atoms with van der Waals surface area (Å²) in [4.78, 5) is 0. The van der Waals surface area contributed by atoms with E-state index in [1.807, 2.05) is 38.1 Å². The number of aliphatic hydroxyl groups is 1. The van der Waals surface area contributed by atoms with Crippen molar-refractivity contribution in [1.29, 1.82) is 0 Å². The first-order valence-electron chi connectivity index (χ1n) is 5.32. The van der Waals surface area contributed by atoms with Gasteiger partial charge in [0.2, 0.25) is 0 Å². The zero-order chi connectivity index (χ0) is 12.0. The molecule has 90 valence electrons. The second kappa shape index (κ2) is 6.23. The molecule has 1 aromatic carbocycles. The van der Waals surface area contributed by atoms with E-state index in [1.54, 1.807) is 0 Å². The molecule has 0 aliphatic heterocycles. The van der Waals surface area contributed by atoms with Crippen molar-refractivity contribution >= 4 is 21.6 Å². The SMILES string of the molecule is CCOCC(C)(CO)Nc1ccc(Br)cc1. The molecule has 1 rings (SSSR count). The fourth-order valence-corrected chi connectivity index (χ4v) is 1.59. The second-order valence-corrected chi connectivity index (χ2v) is 4.90. The van der Waals surface area contributed by atoms with E-state index < -0.39 is 5.54 Å². The molecule has 4 heteroatoms. The Hall–Kier alpha value is -0.580. The Morgan fingerprint density at radius 2 is 2.00 bits per heavy atom. The van der Waals surface area contributed by atoms with Crippen LogP contribution in [0.4, 0.5) is 5.69 Å². The molecule has 1 aromatic rings. The minimum Gasteiger partial charge on any atom is -0.394 e. The molecule has 0 bridgehead atoms. The first-order valence-corrected chi connectivity index (χ1v) is 6.11. The van der Waals surface area contributed by atoms with Crippen molar-refractivity contribution in [2.75, 3.05) is 25.1 Å². The Bertz CT molecular complexity index is 315. The van der Waals surface area contributed by atoms with Gasteiger partial charge in [0.05, 0.1) is 18.8 Å². The first kappa shape index (κ1) is 13.5. The molecule has 0 heterocycles. The van der Waals surface area contributed by atoms with E-state index in [1.165, 1.54) is 0 Å². The van der Waals surface area contributed by atoms with Crippen molar-refractivity contribution < 1.29 is 9.84 Å². The van der Waals surface area contributed by atoms with Crippen LogP contribution >= 0.6 is 15.9 Å². The van der Waals surface area contributed by atoms with Gasteiger partial charge in [-0.15, -0.1) is 0 Å². The number of anilines is 1. The molecule has 0 spiro atoms. The summed E-state index contributed by atoms with van der Waals surface area (Å²) < 4.78 is 6.39. The third-order valence-corrected chi connectivity index (χ3v) is 2.79. The molecule has 16 heavy (non-hydrogen) atoms. The molecule has 0 amide bonds. The van der Waals surface area contributed by atoms with E-state index in [9.17, 15) is 5.11 Å². The lowest BCUT2D eigenvalue weighted by molar-refractivity contribution is 0.0797. The van der Waals surface area contributed by atoms with Crippen LogP contribution in [-0.4, -0.2) is 30.5 Å². The number of rotatable bonds is 6. The molecular formula is C12H18BrNO2. The van der Waals surface area contributed by atoms with Crippen LogP contribution in [0.3, 0.4) is 0 Å². The maximum Gasteiger partial charge on any atom is 0.0809 e. The average molecular weight is 288 g/mol. The van der Waals surface area contributed by atoms with Crippen LogP contribution in [0.25, 0.3) is 0 Å². The highest BCUT2D eigenvalue weighted by Crippen LogP contribution is 2.18. The van der Waals surface area contributed by atoms with Gasteiger partial charge in [0.15, 0.2) is 0 Å². The lowest BCUT2D eigenvalue weighted by Crippen LogP contribution is -2.43. The van der Waals surface area contributed by atoms with Crippen LogP contribution in [-0.2, 0) is 4.74 Å². The molecule has 0 fully saturated rings. The van der Waals surface area contributed by atoms with Crippen LogP contribution < -0.4 is 5.32 Å². The summed E-state index contributed by atoms with van der Waals surface area (Å²) in [6, 6.07) is 7.84. The molecule has 0 aliphatic carbocycles. The van der Waals surface area contributed by atoms with Crippen LogP contribution in [0.1, 0.15) is 13.8 Å².